The zero-order valence-corrected chi connectivity index (χ0v) is 15.6. The van der Waals surface area contributed by atoms with Crippen molar-refractivity contribution in [2.45, 2.75) is 25.5 Å². The second kappa shape index (κ2) is 8.13. The van der Waals surface area contributed by atoms with Crippen molar-refractivity contribution in [3.63, 3.8) is 0 Å². The molecule has 0 saturated carbocycles. The normalized spacial score (nSPS) is 16.3. The molecule has 3 aromatic rings. The van der Waals surface area contributed by atoms with Crippen molar-refractivity contribution in [2.24, 2.45) is 0 Å². The van der Waals surface area contributed by atoms with Crippen LogP contribution in [-0.4, -0.2) is 30.1 Å². The summed E-state index contributed by atoms with van der Waals surface area (Å²) in [4.78, 5) is 27.0. The van der Waals surface area contributed by atoms with Gasteiger partial charge in [0.15, 0.2) is 11.2 Å². The van der Waals surface area contributed by atoms with E-state index in [4.69, 9.17) is 9.15 Å². The molecule has 1 aliphatic heterocycles. The minimum Gasteiger partial charge on any atom is -0.451 e. The number of amides is 1. The molecule has 1 fully saturated rings. The average molecular weight is 399 g/mol. The summed E-state index contributed by atoms with van der Waals surface area (Å²) in [7, 11) is 0. The minimum atomic E-state index is -0.555. The Balaban J connectivity index is 1.66. The topological polar surface area (TPSA) is 59.8 Å². The fourth-order valence-electron chi connectivity index (χ4n) is 3.45. The summed E-state index contributed by atoms with van der Waals surface area (Å²) >= 11 is 0. The smallest absolute Gasteiger partial charge is 0.290 e. The van der Waals surface area contributed by atoms with Crippen LogP contribution >= 0.6 is 0 Å². The van der Waals surface area contributed by atoms with Gasteiger partial charge < -0.3 is 14.1 Å². The highest BCUT2D eigenvalue weighted by Gasteiger charge is 2.25. The Hall–Kier alpha value is -3.06. The van der Waals surface area contributed by atoms with Crippen LogP contribution in [0.5, 0.6) is 0 Å². The van der Waals surface area contributed by atoms with Gasteiger partial charge in [0.1, 0.15) is 17.2 Å². The zero-order valence-electron chi connectivity index (χ0n) is 15.6. The van der Waals surface area contributed by atoms with Crippen molar-refractivity contribution >= 4 is 16.9 Å². The summed E-state index contributed by atoms with van der Waals surface area (Å²) in [6, 6.07) is 10.5. The van der Waals surface area contributed by atoms with Crippen LogP contribution in [-0.2, 0) is 11.3 Å². The van der Waals surface area contributed by atoms with E-state index in [1.807, 2.05) is 0 Å². The SMILES string of the molecule is O=C(c1cc(=O)c2cc(F)ccc2o1)N(Cc1ccc(F)cc1)C[C@@H]1CCCO1. The molecule has 1 aromatic heterocycles. The molecule has 5 nitrogen and oxygen atoms in total. The maximum absolute atomic E-state index is 13.4. The van der Waals surface area contributed by atoms with Gasteiger partial charge in [0.05, 0.1) is 11.5 Å². The lowest BCUT2D eigenvalue weighted by molar-refractivity contribution is 0.0484. The summed E-state index contributed by atoms with van der Waals surface area (Å²) in [5.74, 6) is -1.53. The van der Waals surface area contributed by atoms with E-state index in [0.717, 1.165) is 30.5 Å². The molecule has 1 atom stereocenters. The quantitative estimate of drug-likeness (QED) is 0.653. The van der Waals surface area contributed by atoms with Gasteiger partial charge in [-0.3, -0.25) is 9.59 Å². The predicted octanol–water partition coefficient (Wildman–Crippen LogP) is 3.89. The molecule has 0 unspecified atom stereocenters. The largest absolute Gasteiger partial charge is 0.451 e. The van der Waals surface area contributed by atoms with E-state index in [1.54, 1.807) is 12.1 Å². The third-order valence-electron chi connectivity index (χ3n) is 4.92. The summed E-state index contributed by atoms with van der Waals surface area (Å²) in [6.45, 7) is 1.17. The van der Waals surface area contributed by atoms with E-state index >= 15 is 0 Å². The zero-order chi connectivity index (χ0) is 20.4. The number of rotatable bonds is 5. The Morgan fingerprint density at radius 2 is 1.83 bits per heavy atom. The Morgan fingerprint density at radius 3 is 2.55 bits per heavy atom. The molecule has 1 aliphatic rings. The second-order valence-corrected chi connectivity index (χ2v) is 7.06. The van der Waals surface area contributed by atoms with Crippen molar-refractivity contribution in [1.29, 1.82) is 0 Å². The Bertz CT molecular complexity index is 1090. The van der Waals surface area contributed by atoms with Crippen molar-refractivity contribution in [3.8, 4) is 0 Å². The Labute approximate surface area is 165 Å². The number of benzene rings is 2. The van der Waals surface area contributed by atoms with Crippen LogP contribution in [0.1, 0.15) is 29.0 Å². The molecule has 150 valence electrons. The van der Waals surface area contributed by atoms with Crippen molar-refractivity contribution < 1.29 is 22.7 Å². The molecule has 0 radical (unpaired) electrons. The number of nitrogens with zero attached hydrogens (tertiary/aromatic N) is 1. The van der Waals surface area contributed by atoms with Gasteiger partial charge in [0, 0.05) is 25.8 Å². The monoisotopic (exact) mass is 399 g/mol. The lowest BCUT2D eigenvalue weighted by Gasteiger charge is -2.25. The standard InChI is InChI=1S/C22H19F2NO4/c23-15-5-3-14(4-6-15)12-25(13-17-2-1-9-28-17)22(27)21-11-19(26)18-10-16(24)7-8-20(18)29-21/h3-8,10-11,17H,1-2,9,12-13H2/t17-/m0/s1. The summed E-state index contributed by atoms with van der Waals surface area (Å²) < 4.78 is 37.9. The van der Waals surface area contributed by atoms with Gasteiger partial charge in [0.25, 0.3) is 5.91 Å². The van der Waals surface area contributed by atoms with Crippen molar-refractivity contribution in [3.05, 3.63) is 81.7 Å². The first-order valence-corrected chi connectivity index (χ1v) is 9.38. The third-order valence-corrected chi connectivity index (χ3v) is 4.92. The fourth-order valence-corrected chi connectivity index (χ4v) is 3.45. The van der Waals surface area contributed by atoms with Crippen LogP contribution in [0.3, 0.4) is 0 Å². The van der Waals surface area contributed by atoms with Gasteiger partial charge in [-0.15, -0.1) is 0 Å². The van der Waals surface area contributed by atoms with Crippen LogP contribution < -0.4 is 5.43 Å². The van der Waals surface area contributed by atoms with E-state index in [0.29, 0.717) is 13.2 Å². The lowest BCUT2D eigenvalue weighted by Crippen LogP contribution is -2.37. The van der Waals surface area contributed by atoms with E-state index < -0.39 is 17.2 Å². The van der Waals surface area contributed by atoms with Gasteiger partial charge in [0.2, 0.25) is 0 Å². The third kappa shape index (κ3) is 4.35. The van der Waals surface area contributed by atoms with Gasteiger partial charge in [-0.2, -0.15) is 0 Å². The maximum Gasteiger partial charge on any atom is 0.290 e. The van der Waals surface area contributed by atoms with Gasteiger partial charge in [-0.05, 0) is 48.7 Å². The highest BCUT2D eigenvalue weighted by Crippen LogP contribution is 2.19. The first-order chi connectivity index (χ1) is 14.0. The molecule has 1 saturated heterocycles. The molecule has 0 N–H and O–H groups in total. The molecular formula is C22H19F2NO4. The number of hydrogen-bond acceptors (Lipinski definition) is 4. The van der Waals surface area contributed by atoms with Crippen LogP contribution in [0.4, 0.5) is 8.78 Å². The molecule has 1 amide bonds. The molecule has 4 rings (SSSR count). The van der Waals surface area contributed by atoms with Gasteiger partial charge >= 0.3 is 0 Å². The number of hydrogen-bond donors (Lipinski definition) is 0. The molecule has 7 heteroatoms. The van der Waals surface area contributed by atoms with Crippen molar-refractivity contribution in [1.82, 2.24) is 4.90 Å². The second-order valence-electron chi connectivity index (χ2n) is 7.06. The predicted molar refractivity (Wildman–Crippen MR) is 103 cm³/mol. The minimum absolute atomic E-state index is 0.0748. The fraction of sp³-hybridized carbons (Fsp3) is 0.273. The van der Waals surface area contributed by atoms with Crippen LogP contribution in [0.2, 0.25) is 0 Å². The first kappa shape index (κ1) is 19.3. The number of fused-ring (bicyclic) bond motifs is 1. The summed E-state index contributed by atoms with van der Waals surface area (Å²) in [6.07, 6.45) is 1.63. The number of carbonyl (C=O) groups is 1. The highest BCUT2D eigenvalue weighted by atomic mass is 19.1. The summed E-state index contributed by atoms with van der Waals surface area (Å²) in [5.41, 5.74) is 0.386. The molecule has 2 heterocycles. The Kier molecular flexibility index (Phi) is 5.40. The number of ether oxygens (including phenoxy) is 1. The molecule has 0 aliphatic carbocycles. The van der Waals surface area contributed by atoms with E-state index in [-0.39, 0.29) is 35.2 Å². The van der Waals surface area contributed by atoms with Crippen LogP contribution in [0, 0.1) is 11.6 Å². The first-order valence-electron chi connectivity index (χ1n) is 9.38. The Morgan fingerprint density at radius 1 is 1.07 bits per heavy atom. The maximum atomic E-state index is 13.4. The molecule has 29 heavy (non-hydrogen) atoms. The van der Waals surface area contributed by atoms with Crippen LogP contribution in [0.15, 0.2) is 57.7 Å². The summed E-state index contributed by atoms with van der Waals surface area (Å²) in [5, 5.41) is 0.0748. The number of halogens is 2. The van der Waals surface area contributed by atoms with Crippen molar-refractivity contribution in [2.75, 3.05) is 13.2 Å². The number of carbonyl (C=O) groups excluding carboxylic acids is 1. The van der Waals surface area contributed by atoms with E-state index in [1.165, 1.54) is 29.2 Å². The highest BCUT2D eigenvalue weighted by molar-refractivity contribution is 5.93. The average Bonchev–Trinajstić information content (AvgIpc) is 3.22. The van der Waals surface area contributed by atoms with Crippen LogP contribution in [0.25, 0.3) is 11.0 Å². The molecule has 0 spiro atoms. The van der Waals surface area contributed by atoms with Gasteiger partial charge in [-0.1, -0.05) is 12.1 Å². The molecule has 2 aromatic carbocycles. The van der Waals surface area contributed by atoms with E-state index in [2.05, 4.69) is 0 Å². The molecular weight excluding hydrogens is 380 g/mol. The lowest BCUT2D eigenvalue weighted by atomic mass is 10.1. The van der Waals surface area contributed by atoms with E-state index in [9.17, 15) is 18.4 Å². The molecule has 0 bridgehead atoms. The van der Waals surface area contributed by atoms with Gasteiger partial charge in [-0.25, -0.2) is 8.78 Å².